The highest BCUT2D eigenvalue weighted by Gasteiger charge is 2.22. The molecule has 0 aliphatic carbocycles. The number of hydrogen-bond donors (Lipinski definition) is 1. The second-order valence-corrected chi connectivity index (χ2v) is 9.77. The van der Waals surface area contributed by atoms with E-state index in [9.17, 15) is 18.0 Å². The molecule has 2 aromatic carbocycles. The Bertz CT molecular complexity index is 1050. The quantitative estimate of drug-likeness (QED) is 0.726. The second-order valence-electron chi connectivity index (χ2n) is 6.94. The molecule has 0 aromatic heterocycles. The molecule has 0 atom stereocenters. The predicted molar refractivity (Wildman–Crippen MR) is 117 cm³/mol. The first-order valence-corrected chi connectivity index (χ1v) is 11.9. The summed E-state index contributed by atoms with van der Waals surface area (Å²) in [6, 6.07) is 11.5. The molecule has 7 nitrogen and oxygen atoms in total. The SMILES string of the molecule is CS(=O)(=O)c1cc(C(=O)NCC(=O)N2CCN(c3ccc(Cl)cc3)CC2)ccc1Cl. The number of carbonyl (C=O) groups excluding carboxylic acids is 2. The van der Waals surface area contributed by atoms with Crippen LogP contribution in [0.1, 0.15) is 10.4 Å². The summed E-state index contributed by atoms with van der Waals surface area (Å²) in [5.74, 6) is -0.735. The van der Waals surface area contributed by atoms with Crippen LogP contribution in [0.2, 0.25) is 10.0 Å². The van der Waals surface area contributed by atoms with Gasteiger partial charge in [0.1, 0.15) is 0 Å². The van der Waals surface area contributed by atoms with Crippen molar-refractivity contribution >= 4 is 50.5 Å². The Balaban J connectivity index is 1.54. The summed E-state index contributed by atoms with van der Waals surface area (Å²) in [5.41, 5.74) is 1.17. The third kappa shape index (κ3) is 5.44. The van der Waals surface area contributed by atoms with Crippen LogP contribution in [-0.4, -0.2) is 64.1 Å². The average molecular weight is 470 g/mol. The fourth-order valence-corrected chi connectivity index (χ4v) is 4.59. The number of nitrogens with zero attached hydrogens (tertiary/aromatic N) is 2. The van der Waals surface area contributed by atoms with Gasteiger partial charge in [0.25, 0.3) is 5.91 Å². The lowest BCUT2D eigenvalue weighted by Gasteiger charge is -2.36. The molecule has 1 aliphatic heterocycles. The van der Waals surface area contributed by atoms with Gasteiger partial charge < -0.3 is 15.1 Å². The van der Waals surface area contributed by atoms with Crippen molar-refractivity contribution in [2.75, 3.05) is 43.9 Å². The monoisotopic (exact) mass is 469 g/mol. The summed E-state index contributed by atoms with van der Waals surface area (Å²) >= 11 is 11.8. The molecule has 0 spiro atoms. The van der Waals surface area contributed by atoms with E-state index < -0.39 is 15.7 Å². The maximum Gasteiger partial charge on any atom is 0.251 e. The van der Waals surface area contributed by atoms with E-state index in [0.29, 0.717) is 31.2 Å². The minimum absolute atomic E-state index is 0.0451. The number of nitrogens with one attached hydrogen (secondary N) is 1. The van der Waals surface area contributed by atoms with Crippen molar-refractivity contribution in [1.29, 1.82) is 0 Å². The second kappa shape index (κ2) is 9.24. The van der Waals surface area contributed by atoms with Crippen molar-refractivity contribution < 1.29 is 18.0 Å². The summed E-state index contributed by atoms with van der Waals surface area (Å²) in [4.78, 5) is 28.5. The molecule has 1 saturated heterocycles. The molecule has 0 saturated carbocycles. The van der Waals surface area contributed by atoms with E-state index in [0.717, 1.165) is 11.9 Å². The van der Waals surface area contributed by atoms with E-state index in [-0.39, 0.29) is 27.9 Å². The number of anilines is 1. The normalized spacial score (nSPS) is 14.5. The highest BCUT2D eigenvalue weighted by molar-refractivity contribution is 7.90. The van der Waals surface area contributed by atoms with Gasteiger partial charge in [-0.05, 0) is 42.5 Å². The molecule has 160 valence electrons. The van der Waals surface area contributed by atoms with Crippen LogP contribution in [0, 0.1) is 0 Å². The number of benzene rings is 2. The lowest BCUT2D eigenvalue weighted by molar-refractivity contribution is -0.130. The Kier molecular flexibility index (Phi) is 6.90. The van der Waals surface area contributed by atoms with Crippen LogP contribution in [0.15, 0.2) is 47.4 Å². The van der Waals surface area contributed by atoms with Crippen molar-refractivity contribution in [2.24, 2.45) is 0 Å². The molecule has 3 rings (SSSR count). The highest BCUT2D eigenvalue weighted by Crippen LogP contribution is 2.23. The Hall–Kier alpha value is -2.29. The van der Waals surface area contributed by atoms with E-state index >= 15 is 0 Å². The van der Waals surface area contributed by atoms with Gasteiger partial charge in [-0.3, -0.25) is 9.59 Å². The van der Waals surface area contributed by atoms with Gasteiger partial charge >= 0.3 is 0 Å². The van der Waals surface area contributed by atoms with Gasteiger partial charge in [-0.1, -0.05) is 23.2 Å². The van der Waals surface area contributed by atoms with E-state index in [4.69, 9.17) is 23.2 Å². The summed E-state index contributed by atoms with van der Waals surface area (Å²) in [5, 5.41) is 3.27. The molecule has 1 N–H and O–H groups in total. The molecule has 30 heavy (non-hydrogen) atoms. The molecule has 1 fully saturated rings. The number of halogens is 2. The molecule has 0 unspecified atom stereocenters. The van der Waals surface area contributed by atoms with Crippen molar-refractivity contribution in [3.63, 3.8) is 0 Å². The van der Waals surface area contributed by atoms with Crippen LogP contribution in [-0.2, 0) is 14.6 Å². The first kappa shape index (κ1) is 22.4. The molecular weight excluding hydrogens is 449 g/mol. The fourth-order valence-electron chi connectivity index (χ4n) is 3.16. The number of sulfone groups is 1. The summed E-state index contributed by atoms with van der Waals surface area (Å²) in [7, 11) is -3.57. The summed E-state index contributed by atoms with van der Waals surface area (Å²) in [6.07, 6.45) is 1.02. The standard InChI is InChI=1S/C20H21Cl2N3O4S/c1-30(28,29)18-12-14(2-7-17(18)22)20(27)23-13-19(26)25-10-8-24(9-11-25)16-5-3-15(21)4-6-16/h2-7,12H,8-11,13H2,1H3,(H,23,27). The molecule has 10 heteroatoms. The van der Waals surface area contributed by atoms with Gasteiger partial charge in [0, 0.05) is 48.7 Å². The fraction of sp³-hybridized carbons (Fsp3) is 0.300. The van der Waals surface area contributed by atoms with Crippen molar-refractivity contribution in [3.8, 4) is 0 Å². The number of rotatable bonds is 5. The zero-order valence-electron chi connectivity index (χ0n) is 16.3. The number of piperazine rings is 1. The van der Waals surface area contributed by atoms with Crippen LogP contribution >= 0.6 is 23.2 Å². The van der Waals surface area contributed by atoms with E-state index in [1.54, 1.807) is 4.90 Å². The number of amides is 2. The molecule has 1 heterocycles. The van der Waals surface area contributed by atoms with Crippen molar-refractivity contribution in [1.82, 2.24) is 10.2 Å². The Labute approximate surface area is 185 Å². The lowest BCUT2D eigenvalue weighted by atomic mass is 10.2. The van der Waals surface area contributed by atoms with Crippen LogP contribution in [0.25, 0.3) is 0 Å². The zero-order valence-corrected chi connectivity index (χ0v) is 18.6. The topological polar surface area (TPSA) is 86.8 Å². The third-order valence-electron chi connectivity index (χ3n) is 4.82. The van der Waals surface area contributed by atoms with E-state index in [1.165, 1.54) is 18.2 Å². The smallest absolute Gasteiger partial charge is 0.251 e. The van der Waals surface area contributed by atoms with E-state index in [2.05, 4.69) is 10.2 Å². The van der Waals surface area contributed by atoms with Gasteiger partial charge in [0.05, 0.1) is 16.5 Å². The van der Waals surface area contributed by atoms with Gasteiger partial charge in [0.15, 0.2) is 9.84 Å². The number of hydrogen-bond acceptors (Lipinski definition) is 5. The molecular formula is C20H21Cl2N3O4S. The minimum Gasteiger partial charge on any atom is -0.368 e. The predicted octanol–water partition coefficient (Wildman–Crippen LogP) is 2.48. The molecule has 0 radical (unpaired) electrons. The lowest BCUT2D eigenvalue weighted by Crippen LogP contribution is -2.51. The van der Waals surface area contributed by atoms with Crippen LogP contribution in [0.3, 0.4) is 0 Å². The summed E-state index contributed by atoms with van der Waals surface area (Å²) in [6.45, 7) is 2.26. The maximum atomic E-state index is 12.5. The number of carbonyl (C=O) groups is 2. The molecule has 2 aromatic rings. The van der Waals surface area contributed by atoms with E-state index in [1.807, 2.05) is 24.3 Å². The molecule has 2 amide bonds. The highest BCUT2D eigenvalue weighted by atomic mass is 35.5. The maximum absolute atomic E-state index is 12.5. The van der Waals surface area contributed by atoms with Crippen molar-refractivity contribution in [2.45, 2.75) is 4.90 Å². The van der Waals surface area contributed by atoms with Gasteiger partial charge in [-0.2, -0.15) is 0 Å². The third-order valence-corrected chi connectivity index (χ3v) is 6.65. The summed E-state index contributed by atoms with van der Waals surface area (Å²) < 4.78 is 23.5. The first-order valence-electron chi connectivity index (χ1n) is 9.21. The molecule has 0 bridgehead atoms. The van der Waals surface area contributed by atoms with Gasteiger partial charge in [0.2, 0.25) is 5.91 Å². The Morgan fingerprint density at radius 2 is 1.63 bits per heavy atom. The Morgan fingerprint density at radius 1 is 1.00 bits per heavy atom. The van der Waals surface area contributed by atoms with Gasteiger partial charge in [-0.25, -0.2) is 8.42 Å². The van der Waals surface area contributed by atoms with Crippen LogP contribution in [0.5, 0.6) is 0 Å². The van der Waals surface area contributed by atoms with Crippen molar-refractivity contribution in [3.05, 3.63) is 58.1 Å². The average Bonchev–Trinajstić information content (AvgIpc) is 2.72. The zero-order chi connectivity index (χ0) is 21.9. The Morgan fingerprint density at radius 3 is 2.23 bits per heavy atom. The minimum atomic E-state index is -3.57. The largest absolute Gasteiger partial charge is 0.368 e. The van der Waals surface area contributed by atoms with Crippen LogP contribution < -0.4 is 10.2 Å². The van der Waals surface area contributed by atoms with Gasteiger partial charge in [-0.15, -0.1) is 0 Å². The molecule has 1 aliphatic rings. The first-order chi connectivity index (χ1) is 14.1. The van der Waals surface area contributed by atoms with Crippen LogP contribution in [0.4, 0.5) is 5.69 Å².